The Bertz CT molecular complexity index is 1510. The summed E-state index contributed by atoms with van der Waals surface area (Å²) < 4.78 is 19.3. The summed E-state index contributed by atoms with van der Waals surface area (Å²) in [5.74, 6) is -1.74. The quantitative estimate of drug-likeness (QED) is 0.452. The van der Waals surface area contributed by atoms with E-state index in [0.717, 1.165) is 11.4 Å². The highest BCUT2D eigenvalue weighted by Crippen LogP contribution is 2.44. The molecule has 0 aliphatic carbocycles. The maximum atomic E-state index is 14.2. The molecule has 1 amide bonds. The van der Waals surface area contributed by atoms with Crippen LogP contribution >= 0.6 is 11.6 Å². The number of hydrogen-bond acceptors (Lipinski definition) is 7. The molecule has 0 radical (unpaired) electrons. The number of ether oxygens (including phenoxy) is 1. The molecule has 1 N–H and O–H groups in total. The van der Waals surface area contributed by atoms with E-state index in [1.807, 2.05) is 34.6 Å². The molecule has 2 aromatic heterocycles. The van der Waals surface area contributed by atoms with Gasteiger partial charge in [-0.15, -0.1) is 0 Å². The van der Waals surface area contributed by atoms with Gasteiger partial charge in [0.05, 0.1) is 40.9 Å². The van der Waals surface area contributed by atoms with Crippen molar-refractivity contribution in [2.45, 2.75) is 38.6 Å². The van der Waals surface area contributed by atoms with Gasteiger partial charge in [0.15, 0.2) is 0 Å². The van der Waals surface area contributed by atoms with Crippen molar-refractivity contribution >= 4 is 40.5 Å². The molecule has 4 heterocycles. The van der Waals surface area contributed by atoms with Crippen molar-refractivity contribution in [2.24, 2.45) is 0 Å². The molecule has 40 heavy (non-hydrogen) atoms. The summed E-state index contributed by atoms with van der Waals surface area (Å²) in [7, 11) is 1.38. The van der Waals surface area contributed by atoms with Crippen molar-refractivity contribution in [1.29, 1.82) is 0 Å². The predicted molar refractivity (Wildman–Crippen MR) is 151 cm³/mol. The van der Waals surface area contributed by atoms with Crippen molar-refractivity contribution in [3.8, 4) is 5.88 Å². The van der Waals surface area contributed by atoms with E-state index in [4.69, 9.17) is 21.3 Å². The number of carboxylic acid groups (broad SMARTS) is 1. The number of rotatable bonds is 5. The summed E-state index contributed by atoms with van der Waals surface area (Å²) >= 11 is 5.89. The molecule has 3 aromatic rings. The third kappa shape index (κ3) is 4.81. The van der Waals surface area contributed by atoms with Gasteiger partial charge in [0.25, 0.3) is 5.91 Å². The van der Waals surface area contributed by atoms with Gasteiger partial charge in [-0.25, -0.2) is 19.2 Å². The number of benzene rings is 1. The number of aromatic carboxylic acids is 1. The van der Waals surface area contributed by atoms with Crippen LogP contribution in [0.1, 0.15) is 54.2 Å². The number of carbonyl (C=O) groups excluding carboxylic acids is 1. The fourth-order valence-electron chi connectivity index (χ4n) is 5.55. The zero-order valence-electron chi connectivity index (χ0n) is 23.0. The second-order valence-corrected chi connectivity index (χ2v) is 11.8. The summed E-state index contributed by atoms with van der Waals surface area (Å²) in [4.78, 5) is 40.3. The fourth-order valence-corrected chi connectivity index (χ4v) is 5.66. The summed E-state index contributed by atoms with van der Waals surface area (Å²) in [6.45, 7) is 10.0. The normalized spacial score (nSPS) is 17.5. The van der Waals surface area contributed by atoms with E-state index in [0.29, 0.717) is 43.2 Å². The fraction of sp³-hybridized carbons (Fsp3) is 0.379. The van der Waals surface area contributed by atoms with E-state index < -0.39 is 17.3 Å². The molecule has 2 aliphatic rings. The number of nitrogens with zero attached hydrogens (tertiary/aromatic N) is 5. The molecule has 2 aliphatic heterocycles. The zero-order chi connectivity index (χ0) is 29.0. The highest BCUT2D eigenvalue weighted by Gasteiger charge is 2.41. The van der Waals surface area contributed by atoms with Crippen LogP contribution in [0.15, 0.2) is 42.6 Å². The van der Waals surface area contributed by atoms with Crippen molar-refractivity contribution in [1.82, 2.24) is 14.9 Å². The number of fused-ring (bicyclic) bond motifs is 1. The second-order valence-electron chi connectivity index (χ2n) is 11.4. The van der Waals surface area contributed by atoms with Gasteiger partial charge in [0.2, 0.25) is 5.88 Å². The van der Waals surface area contributed by atoms with E-state index in [-0.39, 0.29) is 27.8 Å². The molecule has 1 fully saturated rings. The van der Waals surface area contributed by atoms with Crippen molar-refractivity contribution in [3.63, 3.8) is 0 Å². The van der Waals surface area contributed by atoms with E-state index in [1.54, 1.807) is 24.4 Å². The minimum atomic E-state index is -1.12. The number of pyridine rings is 2. The van der Waals surface area contributed by atoms with E-state index in [1.165, 1.54) is 19.2 Å². The molecule has 5 rings (SSSR count). The van der Waals surface area contributed by atoms with Crippen LogP contribution in [0.25, 0.3) is 0 Å². The maximum Gasteiger partial charge on any atom is 0.341 e. The SMILES string of the molecule is COc1ncc(N2CCN(C(=O)c3ccc4c(n3)C(C)(C)CN4c3ccc(Cl)c(F)c3)C(C)(C)C2)cc1C(=O)O. The Morgan fingerprint density at radius 3 is 2.45 bits per heavy atom. The summed E-state index contributed by atoms with van der Waals surface area (Å²) in [6, 6.07) is 9.86. The van der Waals surface area contributed by atoms with Crippen LogP contribution in [0, 0.1) is 5.82 Å². The number of piperazine rings is 1. The molecule has 0 saturated carbocycles. The predicted octanol–water partition coefficient (Wildman–Crippen LogP) is 5.15. The molecule has 0 atom stereocenters. The molecule has 9 nitrogen and oxygen atoms in total. The number of hydrogen-bond donors (Lipinski definition) is 1. The lowest BCUT2D eigenvalue weighted by Gasteiger charge is -2.47. The Balaban J connectivity index is 1.39. The number of halogens is 2. The van der Waals surface area contributed by atoms with Gasteiger partial charge in [0.1, 0.15) is 17.1 Å². The van der Waals surface area contributed by atoms with Crippen molar-refractivity contribution in [2.75, 3.05) is 43.1 Å². The highest BCUT2D eigenvalue weighted by atomic mass is 35.5. The van der Waals surface area contributed by atoms with Gasteiger partial charge in [0, 0.05) is 37.3 Å². The van der Waals surface area contributed by atoms with Gasteiger partial charge < -0.3 is 24.5 Å². The van der Waals surface area contributed by atoms with Crippen LogP contribution in [0.5, 0.6) is 5.88 Å². The second kappa shape index (κ2) is 9.92. The molecule has 0 bridgehead atoms. The van der Waals surface area contributed by atoms with Crippen LogP contribution in [-0.2, 0) is 5.41 Å². The van der Waals surface area contributed by atoms with Crippen LogP contribution in [0.2, 0.25) is 5.02 Å². The van der Waals surface area contributed by atoms with Gasteiger partial charge in [-0.3, -0.25) is 4.79 Å². The minimum absolute atomic E-state index is 0.0170. The molecule has 0 spiro atoms. The Kier molecular flexibility index (Phi) is 6.86. The lowest BCUT2D eigenvalue weighted by atomic mass is 9.91. The maximum absolute atomic E-state index is 14.2. The molecule has 210 valence electrons. The molecule has 1 aromatic carbocycles. The first-order valence-corrected chi connectivity index (χ1v) is 13.3. The Morgan fingerprint density at radius 1 is 1.05 bits per heavy atom. The minimum Gasteiger partial charge on any atom is -0.480 e. The van der Waals surface area contributed by atoms with Crippen molar-refractivity contribution in [3.05, 3.63) is 70.4 Å². The van der Waals surface area contributed by atoms with Crippen LogP contribution < -0.4 is 14.5 Å². The molecule has 0 unspecified atom stereocenters. The number of aromatic nitrogens is 2. The first-order valence-electron chi connectivity index (χ1n) is 12.9. The molecule has 1 saturated heterocycles. The van der Waals surface area contributed by atoms with Crippen LogP contribution in [0.3, 0.4) is 0 Å². The summed E-state index contributed by atoms with van der Waals surface area (Å²) in [5.41, 5.74) is 2.29. The monoisotopic (exact) mass is 567 g/mol. The third-order valence-electron chi connectivity index (χ3n) is 7.57. The summed E-state index contributed by atoms with van der Waals surface area (Å²) in [6.07, 6.45) is 1.58. The third-order valence-corrected chi connectivity index (χ3v) is 7.87. The van der Waals surface area contributed by atoms with Crippen molar-refractivity contribution < 1.29 is 23.8 Å². The van der Waals surface area contributed by atoms with Gasteiger partial charge >= 0.3 is 5.97 Å². The lowest BCUT2D eigenvalue weighted by Crippen LogP contribution is -2.61. The van der Waals surface area contributed by atoms with E-state index in [9.17, 15) is 19.1 Å². The number of carboxylic acids is 1. The number of carbonyl (C=O) groups is 2. The number of anilines is 3. The molecular formula is C29H31ClFN5O4. The van der Waals surface area contributed by atoms with Gasteiger partial charge in [-0.1, -0.05) is 25.4 Å². The first kappa shape index (κ1) is 27.6. The number of methoxy groups -OCH3 is 1. The Morgan fingerprint density at radius 2 is 1.80 bits per heavy atom. The highest BCUT2D eigenvalue weighted by molar-refractivity contribution is 6.30. The van der Waals surface area contributed by atoms with Crippen LogP contribution in [-0.4, -0.2) is 70.7 Å². The zero-order valence-corrected chi connectivity index (χ0v) is 23.8. The van der Waals surface area contributed by atoms with E-state index in [2.05, 4.69) is 18.8 Å². The number of amides is 1. The van der Waals surface area contributed by atoms with Crippen LogP contribution in [0.4, 0.5) is 21.5 Å². The Hall–Kier alpha value is -3.92. The van der Waals surface area contributed by atoms with Gasteiger partial charge in [-0.2, -0.15) is 0 Å². The lowest BCUT2D eigenvalue weighted by molar-refractivity contribution is 0.0508. The standard InChI is InChI=1S/C29H31ClFN5O4/c1-28(2)15-35(17-6-7-20(30)21(31)13-17)23-9-8-22(33-24(23)28)26(37)36-11-10-34(16-29(36,3)4)18-12-19(27(38)39)25(40-5)32-14-18/h6-9,12-14H,10-11,15-16H2,1-5H3,(H,38,39). The van der Waals surface area contributed by atoms with Gasteiger partial charge in [-0.05, 0) is 50.2 Å². The largest absolute Gasteiger partial charge is 0.480 e. The topological polar surface area (TPSA) is 99.1 Å². The Labute approximate surface area is 237 Å². The molecule has 11 heteroatoms. The first-order chi connectivity index (χ1) is 18.8. The molecular weight excluding hydrogens is 537 g/mol. The van der Waals surface area contributed by atoms with E-state index >= 15 is 0 Å². The smallest absolute Gasteiger partial charge is 0.341 e. The average molecular weight is 568 g/mol. The summed E-state index contributed by atoms with van der Waals surface area (Å²) in [5, 5.41) is 9.61. The average Bonchev–Trinajstić information content (AvgIpc) is 3.18.